The summed E-state index contributed by atoms with van der Waals surface area (Å²) in [7, 11) is 0. The minimum absolute atomic E-state index is 0.263. The Morgan fingerprint density at radius 2 is 1.07 bits per heavy atom. The molecule has 0 fully saturated rings. The Morgan fingerprint density at radius 1 is 0.704 bits per heavy atom. The molecule has 0 bridgehead atoms. The molecule has 0 spiro atoms. The second-order valence-electron chi connectivity index (χ2n) is 5.80. The molecule has 0 aliphatic heterocycles. The van der Waals surface area contributed by atoms with Gasteiger partial charge in [-0.1, -0.05) is 26.7 Å². The van der Waals surface area contributed by atoms with E-state index in [0.717, 1.165) is 25.7 Å². The second-order valence-corrected chi connectivity index (χ2v) is 5.80. The molecule has 0 rings (SSSR count). The van der Waals surface area contributed by atoms with Gasteiger partial charge in [0.1, 0.15) is 13.2 Å². The Labute approximate surface area is 159 Å². The van der Waals surface area contributed by atoms with E-state index in [1.165, 1.54) is 13.8 Å². The van der Waals surface area contributed by atoms with E-state index in [4.69, 9.17) is 23.7 Å². The van der Waals surface area contributed by atoms with Crippen LogP contribution in [0.5, 0.6) is 0 Å². The zero-order valence-corrected chi connectivity index (χ0v) is 16.5. The average molecular weight is 390 g/mol. The predicted octanol–water partition coefficient (Wildman–Crippen LogP) is 1.55. The summed E-state index contributed by atoms with van der Waals surface area (Å²) < 4.78 is 24.4. The smallest absolute Gasteiger partial charge is 0.347 e. The van der Waals surface area contributed by atoms with Crippen molar-refractivity contribution in [2.75, 3.05) is 26.4 Å². The summed E-state index contributed by atoms with van der Waals surface area (Å²) >= 11 is 0. The normalized spacial score (nSPS) is 12.6. The standard InChI is InChI=1S/C18H30O9/c1-5-7-9-24-17(21)13(3)26-15(19)11-23-12-16(20)27-14(4)18(22)25-10-8-6-2/h13-14H,5-12H2,1-4H3. The van der Waals surface area contributed by atoms with Crippen LogP contribution in [0.15, 0.2) is 0 Å². The molecule has 0 amide bonds. The quantitative estimate of drug-likeness (QED) is 0.247. The molecule has 0 aromatic rings. The Kier molecular flexibility index (Phi) is 13.8. The zero-order valence-electron chi connectivity index (χ0n) is 16.5. The van der Waals surface area contributed by atoms with Gasteiger partial charge in [-0.15, -0.1) is 0 Å². The molecule has 27 heavy (non-hydrogen) atoms. The van der Waals surface area contributed by atoms with Gasteiger partial charge in [-0.3, -0.25) is 0 Å². The molecule has 0 N–H and O–H groups in total. The topological polar surface area (TPSA) is 114 Å². The zero-order chi connectivity index (χ0) is 20.7. The highest BCUT2D eigenvalue weighted by Gasteiger charge is 2.21. The third kappa shape index (κ3) is 12.8. The minimum Gasteiger partial charge on any atom is -0.463 e. The third-order valence-electron chi connectivity index (χ3n) is 3.20. The Balaban J connectivity index is 3.96. The van der Waals surface area contributed by atoms with Crippen molar-refractivity contribution >= 4 is 23.9 Å². The summed E-state index contributed by atoms with van der Waals surface area (Å²) in [6, 6.07) is 0. The number of rotatable bonds is 14. The van der Waals surface area contributed by atoms with Crippen molar-refractivity contribution in [2.24, 2.45) is 0 Å². The molecule has 0 aromatic heterocycles. The van der Waals surface area contributed by atoms with Crippen molar-refractivity contribution in [3.63, 3.8) is 0 Å². The van der Waals surface area contributed by atoms with E-state index in [9.17, 15) is 19.2 Å². The molecular formula is C18H30O9. The highest BCUT2D eigenvalue weighted by atomic mass is 16.6. The number of unbranched alkanes of at least 4 members (excludes halogenated alkanes) is 2. The first-order chi connectivity index (χ1) is 12.8. The fourth-order valence-corrected chi connectivity index (χ4v) is 1.65. The number of hydrogen-bond acceptors (Lipinski definition) is 9. The second kappa shape index (κ2) is 15.0. The van der Waals surface area contributed by atoms with Gasteiger partial charge in [0.2, 0.25) is 0 Å². The van der Waals surface area contributed by atoms with Crippen LogP contribution in [-0.4, -0.2) is 62.5 Å². The van der Waals surface area contributed by atoms with Crippen LogP contribution in [0.3, 0.4) is 0 Å². The lowest BCUT2D eigenvalue weighted by Gasteiger charge is -2.14. The first kappa shape index (κ1) is 24.8. The number of esters is 4. The molecule has 2 atom stereocenters. The van der Waals surface area contributed by atoms with Crippen LogP contribution in [0.1, 0.15) is 53.4 Å². The van der Waals surface area contributed by atoms with Gasteiger partial charge in [-0.2, -0.15) is 0 Å². The summed E-state index contributed by atoms with van der Waals surface area (Å²) in [5, 5.41) is 0. The maximum Gasteiger partial charge on any atom is 0.347 e. The van der Waals surface area contributed by atoms with Crippen molar-refractivity contribution in [3.8, 4) is 0 Å². The third-order valence-corrected chi connectivity index (χ3v) is 3.20. The summed E-state index contributed by atoms with van der Waals surface area (Å²) in [4.78, 5) is 46.2. The lowest BCUT2D eigenvalue weighted by molar-refractivity contribution is -0.173. The van der Waals surface area contributed by atoms with Gasteiger partial charge in [0.15, 0.2) is 12.2 Å². The van der Waals surface area contributed by atoms with E-state index in [-0.39, 0.29) is 13.2 Å². The van der Waals surface area contributed by atoms with Gasteiger partial charge in [-0.05, 0) is 26.7 Å². The predicted molar refractivity (Wildman–Crippen MR) is 93.7 cm³/mol. The van der Waals surface area contributed by atoms with Crippen LogP contribution in [0, 0.1) is 0 Å². The summed E-state index contributed by atoms with van der Waals surface area (Å²) in [6.45, 7) is 6.11. The van der Waals surface area contributed by atoms with Gasteiger partial charge in [0, 0.05) is 0 Å². The molecule has 0 saturated heterocycles. The van der Waals surface area contributed by atoms with Crippen molar-refractivity contribution in [1.29, 1.82) is 0 Å². The van der Waals surface area contributed by atoms with E-state index in [1.54, 1.807) is 0 Å². The van der Waals surface area contributed by atoms with E-state index in [2.05, 4.69) is 0 Å². The number of hydrogen-bond donors (Lipinski definition) is 0. The molecule has 0 aliphatic rings. The molecular weight excluding hydrogens is 360 g/mol. The average Bonchev–Trinajstić information content (AvgIpc) is 2.61. The van der Waals surface area contributed by atoms with E-state index >= 15 is 0 Å². The van der Waals surface area contributed by atoms with E-state index < -0.39 is 49.3 Å². The van der Waals surface area contributed by atoms with E-state index in [1.807, 2.05) is 13.8 Å². The van der Waals surface area contributed by atoms with Crippen molar-refractivity contribution in [3.05, 3.63) is 0 Å². The summed E-state index contributed by atoms with van der Waals surface area (Å²) in [5.41, 5.74) is 0. The molecule has 0 saturated carbocycles. The Hall–Kier alpha value is -2.16. The molecule has 0 heterocycles. The molecule has 9 heteroatoms. The largest absolute Gasteiger partial charge is 0.463 e. The number of carbonyl (C=O) groups excluding carboxylic acids is 4. The van der Waals surface area contributed by atoms with Crippen LogP contribution in [0.4, 0.5) is 0 Å². The lowest BCUT2D eigenvalue weighted by Crippen LogP contribution is -2.30. The van der Waals surface area contributed by atoms with Gasteiger partial charge in [0.05, 0.1) is 13.2 Å². The summed E-state index contributed by atoms with van der Waals surface area (Å²) in [6.07, 6.45) is 1.07. The monoisotopic (exact) mass is 390 g/mol. The fourth-order valence-electron chi connectivity index (χ4n) is 1.65. The maximum atomic E-state index is 11.6. The molecule has 0 aromatic carbocycles. The van der Waals surface area contributed by atoms with Crippen LogP contribution < -0.4 is 0 Å². The highest BCUT2D eigenvalue weighted by Crippen LogP contribution is 2.00. The Bertz CT molecular complexity index is 433. The van der Waals surface area contributed by atoms with Gasteiger partial charge in [0.25, 0.3) is 0 Å². The first-order valence-electron chi connectivity index (χ1n) is 9.11. The van der Waals surface area contributed by atoms with Crippen LogP contribution >= 0.6 is 0 Å². The van der Waals surface area contributed by atoms with Gasteiger partial charge >= 0.3 is 23.9 Å². The fraction of sp³-hybridized carbons (Fsp3) is 0.778. The lowest BCUT2D eigenvalue weighted by atomic mass is 10.3. The molecule has 2 unspecified atom stereocenters. The van der Waals surface area contributed by atoms with Gasteiger partial charge < -0.3 is 23.7 Å². The van der Waals surface area contributed by atoms with Crippen LogP contribution in [-0.2, 0) is 42.9 Å². The van der Waals surface area contributed by atoms with Crippen molar-refractivity contribution < 1.29 is 42.9 Å². The maximum absolute atomic E-state index is 11.6. The SMILES string of the molecule is CCCCOC(=O)C(C)OC(=O)COCC(=O)OC(C)C(=O)OCCCC. The molecule has 9 nitrogen and oxygen atoms in total. The first-order valence-corrected chi connectivity index (χ1v) is 9.11. The van der Waals surface area contributed by atoms with Crippen molar-refractivity contribution in [2.45, 2.75) is 65.6 Å². The van der Waals surface area contributed by atoms with E-state index in [0.29, 0.717) is 0 Å². The molecule has 0 aliphatic carbocycles. The number of ether oxygens (including phenoxy) is 5. The van der Waals surface area contributed by atoms with Gasteiger partial charge in [-0.25, -0.2) is 19.2 Å². The summed E-state index contributed by atoms with van der Waals surface area (Å²) in [5.74, 6) is -2.94. The highest BCUT2D eigenvalue weighted by molar-refractivity contribution is 5.80. The van der Waals surface area contributed by atoms with Crippen LogP contribution in [0.25, 0.3) is 0 Å². The molecule has 0 radical (unpaired) electrons. The molecule has 156 valence electrons. The van der Waals surface area contributed by atoms with Crippen LogP contribution in [0.2, 0.25) is 0 Å². The van der Waals surface area contributed by atoms with Crippen molar-refractivity contribution in [1.82, 2.24) is 0 Å². The number of carbonyl (C=O) groups is 4. The Morgan fingerprint density at radius 3 is 1.41 bits per heavy atom. The minimum atomic E-state index is -1.07.